The number of hydrogen-bond donors (Lipinski definition) is 1. The molecule has 5 heteroatoms. The van der Waals surface area contributed by atoms with E-state index in [2.05, 4.69) is 21.9 Å². The predicted molar refractivity (Wildman–Crippen MR) is 93.2 cm³/mol. The van der Waals surface area contributed by atoms with E-state index in [-0.39, 0.29) is 11.9 Å². The molecule has 0 saturated heterocycles. The van der Waals surface area contributed by atoms with Gasteiger partial charge in [-0.1, -0.05) is 30.3 Å². The number of rotatable bonds is 6. The molecule has 4 nitrogen and oxygen atoms in total. The first-order chi connectivity index (χ1) is 11.3. The molecule has 0 bridgehead atoms. The van der Waals surface area contributed by atoms with Gasteiger partial charge in [-0.3, -0.25) is 9.48 Å². The number of nitrogens with one attached hydrogen (secondary N) is 1. The van der Waals surface area contributed by atoms with E-state index in [0.717, 1.165) is 11.1 Å². The normalized spacial score (nSPS) is 12.3. The summed E-state index contributed by atoms with van der Waals surface area (Å²) in [5.41, 5.74) is 2.15. The molecular formula is C18H17N3OS. The summed E-state index contributed by atoms with van der Waals surface area (Å²) >= 11 is 1.64. The zero-order chi connectivity index (χ0) is 15.9. The highest BCUT2D eigenvalue weighted by molar-refractivity contribution is 7.07. The number of aromatic nitrogens is 2. The highest BCUT2D eigenvalue weighted by Crippen LogP contribution is 2.19. The van der Waals surface area contributed by atoms with E-state index >= 15 is 0 Å². The highest BCUT2D eigenvalue weighted by atomic mass is 32.1. The SMILES string of the molecule is O=C(/C=C/c1ccccc1)NC[C@H](c1ccsc1)n1cccn1. The lowest BCUT2D eigenvalue weighted by molar-refractivity contribution is -0.116. The van der Waals surface area contributed by atoms with Crippen molar-refractivity contribution in [3.63, 3.8) is 0 Å². The third-order valence-corrected chi connectivity index (χ3v) is 4.17. The van der Waals surface area contributed by atoms with Crippen molar-refractivity contribution in [2.45, 2.75) is 6.04 Å². The Hall–Kier alpha value is -2.66. The van der Waals surface area contributed by atoms with Crippen LogP contribution in [0.4, 0.5) is 0 Å². The Kier molecular flexibility index (Phi) is 5.01. The van der Waals surface area contributed by atoms with Crippen LogP contribution in [-0.2, 0) is 4.79 Å². The largest absolute Gasteiger partial charge is 0.350 e. The number of carbonyl (C=O) groups excluding carboxylic acids is 1. The first-order valence-electron chi connectivity index (χ1n) is 7.35. The molecule has 0 unspecified atom stereocenters. The fraction of sp³-hybridized carbons (Fsp3) is 0.111. The fourth-order valence-corrected chi connectivity index (χ4v) is 2.99. The maximum atomic E-state index is 12.0. The minimum absolute atomic E-state index is 0.00493. The van der Waals surface area contributed by atoms with Gasteiger partial charge < -0.3 is 5.32 Å². The van der Waals surface area contributed by atoms with Crippen molar-refractivity contribution in [3.8, 4) is 0 Å². The van der Waals surface area contributed by atoms with Crippen molar-refractivity contribution < 1.29 is 4.79 Å². The summed E-state index contributed by atoms with van der Waals surface area (Å²) in [4.78, 5) is 12.0. The smallest absolute Gasteiger partial charge is 0.244 e. The quantitative estimate of drug-likeness (QED) is 0.707. The van der Waals surface area contributed by atoms with Crippen molar-refractivity contribution in [2.75, 3.05) is 6.54 Å². The van der Waals surface area contributed by atoms with Gasteiger partial charge in [-0.05, 0) is 40.1 Å². The molecular weight excluding hydrogens is 306 g/mol. The van der Waals surface area contributed by atoms with Gasteiger partial charge in [-0.15, -0.1) is 0 Å². The Morgan fingerprint density at radius 3 is 2.83 bits per heavy atom. The maximum absolute atomic E-state index is 12.0. The van der Waals surface area contributed by atoms with E-state index in [1.54, 1.807) is 23.6 Å². The van der Waals surface area contributed by atoms with Gasteiger partial charge in [0, 0.05) is 25.0 Å². The molecule has 0 saturated carbocycles. The molecule has 0 radical (unpaired) electrons. The molecule has 0 fully saturated rings. The Morgan fingerprint density at radius 2 is 2.13 bits per heavy atom. The average Bonchev–Trinajstić information content (AvgIpc) is 3.28. The molecule has 1 aromatic carbocycles. The number of benzene rings is 1. The molecule has 2 heterocycles. The molecule has 2 aromatic heterocycles. The lowest BCUT2D eigenvalue weighted by Gasteiger charge is -2.16. The average molecular weight is 323 g/mol. The number of hydrogen-bond acceptors (Lipinski definition) is 3. The van der Waals surface area contributed by atoms with Gasteiger partial charge in [0.2, 0.25) is 5.91 Å². The van der Waals surface area contributed by atoms with Gasteiger partial charge in [0.1, 0.15) is 0 Å². The van der Waals surface area contributed by atoms with Gasteiger partial charge in [-0.25, -0.2) is 0 Å². The minimum atomic E-state index is -0.110. The van der Waals surface area contributed by atoms with Crippen LogP contribution in [0.5, 0.6) is 0 Å². The van der Waals surface area contributed by atoms with Crippen LogP contribution in [0.2, 0.25) is 0 Å². The second-order valence-electron chi connectivity index (χ2n) is 5.05. The minimum Gasteiger partial charge on any atom is -0.350 e. The summed E-state index contributed by atoms with van der Waals surface area (Å²) in [6.07, 6.45) is 7.02. The zero-order valence-corrected chi connectivity index (χ0v) is 13.3. The summed E-state index contributed by atoms with van der Waals surface area (Å²) in [5.74, 6) is -0.110. The van der Waals surface area contributed by atoms with Crippen LogP contribution in [0.15, 0.2) is 71.7 Å². The molecule has 23 heavy (non-hydrogen) atoms. The van der Waals surface area contributed by atoms with Crippen LogP contribution in [0, 0.1) is 0 Å². The molecule has 3 rings (SSSR count). The highest BCUT2D eigenvalue weighted by Gasteiger charge is 2.15. The first-order valence-corrected chi connectivity index (χ1v) is 8.29. The fourth-order valence-electron chi connectivity index (χ4n) is 2.29. The zero-order valence-electron chi connectivity index (χ0n) is 12.5. The third-order valence-electron chi connectivity index (χ3n) is 3.47. The van der Waals surface area contributed by atoms with Gasteiger partial charge >= 0.3 is 0 Å². The first kappa shape index (κ1) is 15.2. The standard InChI is InChI=1S/C18H17N3OS/c22-18(8-7-15-5-2-1-3-6-15)19-13-17(16-9-12-23-14-16)21-11-4-10-20-21/h1-12,14,17H,13H2,(H,19,22)/b8-7+/t17-/m1/s1. The van der Waals surface area contributed by atoms with Crippen LogP contribution in [0.25, 0.3) is 6.08 Å². The van der Waals surface area contributed by atoms with E-state index in [1.165, 1.54) is 0 Å². The lowest BCUT2D eigenvalue weighted by Crippen LogP contribution is -2.30. The van der Waals surface area contributed by atoms with Crippen molar-refractivity contribution in [2.24, 2.45) is 0 Å². The summed E-state index contributed by atoms with van der Waals surface area (Å²) < 4.78 is 1.86. The maximum Gasteiger partial charge on any atom is 0.244 e. The number of thiophene rings is 1. The van der Waals surface area contributed by atoms with E-state index in [4.69, 9.17) is 0 Å². The number of carbonyl (C=O) groups is 1. The van der Waals surface area contributed by atoms with E-state index in [0.29, 0.717) is 6.54 Å². The molecule has 1 atom stereocenters. The van der Waals surface area contributed by atoms with Crippen molar-refractivity contribution in [1.29, 1.82) is 0 Å². The molecule has 0 aliphatic heterocycles. The topological polar surface area (TPSA) is 46.9 Å². The Balaban J connectivity index is 1.63. The number of amides is 1. The summed E-state index contributed by atoms with van der Waals surface area (Å²) in [7, 11) is 0. The monoisotopic (exact) mass is 323 g/mol. The van der Waals surface area contributed by atoms with Crippen molar-refractivity contribution in [1.82, 2.24) is 15.1 Å². The summed E-state index contributed by atoms with van der Waals surface area (Å²) in [6.45, 7) is 0.496. The van der Waals surface area contributed by atoms with Crippen molar-refractivity contribution in [3.05, 3.63) is 82.8 Å². The Morgan fingerprint density at radius 1 is 1.26 bits per heavy atom. The third kappa shape index (κ3) is 4.17. The molecule has 3 aromatic rings. The lowest BCUT2D eigenvalue weighted by atomic mass is 10.1. The summed E-state index contributed by atoms with van der Waals surface area (Å²) in [5, 5.41) is 11.4. The van der Waals surface area contributed by atoms with Crippen LogP contribution in [0.3, 0.4) is 0 Å². The van der Waals surface area contributed by atoms with Gasteiger partial charge in [0.15, 0.2) is 0 Å². The van der Waals surface area contributed by atoms with Crippen LogP contribution in [0.1, 0.15) is 17.2 Å². The molecule has 116 valence electrons. The Labute approximate surface area is 139 Å². The van der Waals surface area contributed by atoms with Crippen molar-refractivity contribution >= 4 is 23.3 Å². The van der Waals surface area contributed by atoms with E-state index in [9.17, 15) is 4.79 Å². The van der Waals surface area contributed by atoms with Gasteiger partial charge in [0.05, 0.1) is 6.04 Å². The predicted octanol–water partition coefficient (Wildman–Crippen LogP) is 3.36. The van der Waals surface area contributed by atoms with Gasteiger partial charge in [0.25, 0.3) is 0 Å². The Bertz CT molecular complexity index is 715. The molecule has 1 N–H and O–H groups in total. The molecule has 0 aliphatic rings. The van der Waals surface area contributed by atoms with E-state index < -0.39 is 0 Å². The van der Waals surface area contributed by atoms with Crippen LogP contribution < -0.4 is 5.32 Å². The van der Waals surface area contributed by atoms with E-state index in [1.807, 2.05) is 58.7 Å². The van der Waals surface area contributed by atoms with Crippen LogP contribution in [-0.4, -0.2) is 22.2 Å². The molecule has 0 spiro atoms. The second-order valence-corrected chi connectivity index (χ2v) is 5.83. The second kappa shape index (κ2) is 7.56. The summed E-state index contributed by atoms with van der Waals surface area (Å²) in [6, 6.07) is 13.7. The molecule has 1 amide bonds. The van der Waals surface area contributed by atoms with Crippen LogP contribution >= 0.6 is 11.3 Å². The molecule has 0 aliphatic carbocycles. The van der Waals surface area contributed by atoms with Gasteiger partial charge in [-0.2, -0.15) is 16.4 Å². The number of nitrogens with zero attached hydrogens (tertiary/aromatic N) is 2.